The SMILES string of the molecule is CS(=O)(=O)c1ccc(C2(N)N=CN=C3SC(N)N=C32)cc1. The van der Waals surface area contributed by atoms with E-state index in [1.807, 2.05) is 0 Å². The van der Waals surface area contributed by atoms with Crippen molar-refractivity contribution in [2.75, 3.05) is 6.26 Å². The van der Waals surface area contributed by atoms with E-state index >= 15 is 0 Å². The van der Waals surface area contributed by atoms with Gasteiger partial charge in [0.2, 0.25) is 0 Å². The van der Waals surface area contributed by atoms with E-state index in [0.29, 0.717) is 16.3 Å². The van der Waals surface area contributed by atoms with E-state index in [0.717, 1.165) is 6.26 Å². The van der Waals surface area contributed by atoms with Gasteiger partial charge in [0.25, 0.3) is 0 Å². The van der Waals surface area contributed by atoms with E-state index in [4.69, 9.17) is 11.5 Å². The van der Waals surface area contributed by atoms with Crippen molar-refractivity contribution in [3.8, 4) is 0 Å². The first-order valence-electron chi connectivity index (χ1n) is 6.02. The van der Waals surface area contributed by atoms with Crippen LogP contribution >= 0.6 is 11.8 Å². The highest BCUT2D eigenvalue weighted by Crippen LogP contribution is 2.33. The zero-order valence-electron chi connectivity index (χ0n) is 11.1. The molecule has 0 aliphatic carbocycles. The maximum Gasteiger partial charge on any atom is 0.180 e. The molecule has 2 unspecified atom stereocenters. The van der Waals surface area contributed by atoms with Gasteiger partial charge in [0.05, 0.1) is 4.90 Å². The van der Waals surface area contributed by atoms with Crippen molar-refractivity contribution in [3.63, 3.8) is 0 Å². The molecule has 2 heterocycles. The molecule has 7 nitrogen and oxygen atoms in total. The highest BCUT2D eigenvalue weighted by molar-refractivity contribution is 8.16. The standard InChI is InChI=1S/C12H13N5O2S2/c1-21(18,19)8-4-2-7(3-5-8)12(14)9-10(15-6-16-12)20-11(13)17-9/h2-6,11H,13-14H2,1H3. The van der Waals surface area contributed by atoms with E-state index < -0.39 is 21.0 Å². The molecular formula is C12H13N5O2S2. The molecule has 3 rings (SSSR count). The fourth-order valence-corrected chi connectivity index (χ4v) is 3.58. The van der Waals surface area contributed by atoms with Crippen molar-refractivity contribution in [2.24, 2.45) is 26.4 Å². The Hall–Kier alpha value is -1.55. The summed E-state index contributed by atoms with van der Waals surface area (Å²) in [6, 6.07) is 6.27. The number of nitrogens with two attached hydrogens (primary N) is 2. The smallest absolute Gasteiger partial charge is 0.180 e. The van der Waals surface area contributed by atoms with Gasteiger partial charge in [-0.3, -0.25) is 10.7 Å². The summed E-state index contributed by atoms with van der Waals surface area (Å²) in [5.74, 6) is 0. The molecule has 0 spiro atoms. The zero-order chi connectivity index (χ0) is 15.3. The van der Waals surface area contributed by atoms with Crippen LogP contribution < -0.4 is 11.5 Å². The Balaban J connectivity index is 2.05. The molecule has 2 aliphatic rings. The van der Waals surface area contributed by atoms with Gasteiger partial charge in [-0.15, -0.1) is 0 Å². The first-order chi connectivity index (χ1) is 9.80. The summed E-state index contributed by atoms with van der Waals surface area (Å²) in [6.07, 6.45) is 2.53. The lowest BCUT2D eigenvalue weighted by Crippen LogP contribution is -2.47. The fourth-order valence-electron chi connectivity index (χ4n) is 2.13. The largest absolute Gasteiger partial charge is 0.301 e. The van der Waals surface area contributed by atoms with Crippen molar-refractivity contribution in [2.45, 2.75) is 16.1 Å². The van der Waals surface area contributed by atoms with Crippen LogP contribution in [-0.4, -0.2) is 37.3 Å². The van der Waals surface area contributed by atoms with Crippen LogP contribution in [-0.2, 0) is 15.5 Å². The van der Waals surface area contributed by atoms with Crippen LogP contribution in [0.5, 0.6) is 0 Å². The molecule has 9 heteroatoms. The second-order valence-electron chi connectivity index (χ2n) is 4.73. The van der Waals surface area contributed by atoms with Crippen molar-refractivity contribution in [1.82, 2.24) is 0 Å². The fraction of sp³-hybridized carbons (Fsp3) is 0.250. The average Bonchev–Trinajstić information content (AvgIpc) is 2.80. The number of aliphatic imine (C=N–C) groups is 3. The predicted octanol–water partition coefficient (Wildman–Crippen LogP) is 0.0721. The molecule has 1 aromatic rings. The lowest BCUT2D eigenvalue weighted by Gasteiger charge is -2.27. The van der Waals surface area contributed by atoms with Gasteiger partial charge in [-0.05, 0) is 12.1 Å². The number of thioether (sulfide) groups is 1. The second-order valence-corrected chi connectivity index (χ2v) is 7.85. The van der Waals surface area contributed by atoms with Gasteiger partial charge in [0.1, 0.15) is 17.1 Å². The Morgan fingerprint density at radius 3 is 2.57 bits per heavy atom. The number of sulfone groups is 1. The van der Waals surface area contributed by atoms with E-state index in [-0.39, 0.29) is 4.90 Å². The van der Waals surface area contributed by atoms with Gasteiger partial charge in [-0.1, -0.05) is 23.9 Å². The van der Waals surface area contributed by atoms with Crippen LogP contribution in [0.15, 0.2) is 44.1 Å². The third-order valence-corrected chi connectivity index (χ3v) is 5.21. The van der Waals surface area contributed by atoms with Crippen LogP contribution in [0.1, 0.15) is 5.56 Å². The minimum absolute atomic E-state index is 0.225. The molecule has 21 heavy (non-hydrogen) atoms. The van der Waals surface area contributed by atoms with Gasteiger partial charge in [-0.25, -0.2) is 18.4 Å². The van der Waals surface area contributed by atoms with E-state index in [1.54, 1.807) is 12.1 Å². The van der Waals surface area contributed by atoms with Crippen LogP contribution in [0.2, 0.25) is 0 Å². The molecule has 0 amide bonds. The Bertz CT molecular complexity index is 782. The Labute approximate surface area is 126 Å². The van der Waals surface area contributed by atoms with E-state index in [2.05, 4.69) is 15.0 Å². The van der Waals surface area contributed by atoms with Gasteiger partial charge in [0.15, 0.2) is 21.0 Å². The molecule has 2 atom stereocenters. The minimum atomic E-state index is -3.25. The molecule has 1 aromatic carbocycles. The third-order valence-electron chi connectivity index (χ3n) is 3.21. The molecular weight excluding hydrogens is 310 g/mol. The molecule has 0 radical (unpaired) electrons. The van der Waals surface area contributed by atoms with Crippen LogP contribution in [0.25, 0.3) is 0 Å². The Morgan fingerprint density at radius 1 is 1.29 bits per heavy atom. The van der Waals surface area contributed by atoms with Crippen molar-refractivity contribution in [3.05, 3.63) is 29.8 Å². The average molecular weight is 323 g/mol. The van der Waals surface area contributed by atoms with Gasteiger partial charge in [0, 0.05) is 11.8 Å². The Morgan fingerprint density at radius 2 is 1.95 bits per heavy atom. The number of hydrogen-bond donors (Lipinski definition) is 2. The topological polar surface area (TPSA) is 123 Å². The molecule has 4 N–H and O–H groups in total. The third kappa shape index (κ3) is 2.42. The summed E-state index contributed by atoms with van der Waals surface area (Å²) in [4.78, 5) is 12.8. The zero-order valence-corrected chi connectivity index (χ0v) is 12.7. The molecule has 0 bridgehead atoms. The predicted molar refractivity (Wildman–Crippen MR) is 84.3 cm³/mol. The summed E-state index contributed by atoms with van der Waals surface area (Å²) < 4.78 is 23.0. The van der Waals surface area contributed by atoms with Crippen molar-refractivity contribution >= 4 is 38.7 Å². The number of hydrogen-bond acceptors (Lipinski definition) is 8. The lowest BCUT2D eigenvalue weighted by molar-refractivity contribution is 0.601. The molecule has 2 aliphatic heterocycles. The minimum Gasteiger partial charge on any atom is -0.301 e. The number of rotatable bonds is 2. The normalized spacial score (nSPS) is 28.0. The van der Waals surface area contributed by atoms with E-state index in [9.17, 15) is 8.42 Å². The lowest BCUT2D eigenvalue weighted by atomic mass is 9.95. The molecule has 0 fully saturated rings. The number of nitrogens with zero attached hydrogens (tertiary/aromatic N) is 3. The molecule has 0 saturated carbocycles. The Kier molecular flexibility index (Phi) is 3.24. The van der Waals surface area contributed by atoms with Gasteiger partial charge >= 0.3 is 0 Å². The summed E-state index contributed by atoms with van der Waals surface area (Å²) in [6.45, 7) is 0. The number of fused-ring (bicyclic) bond motifs is 1. The van der Waals surface area contributed by atoms with Crippen LogP contribution in [0.3, 0.4) is 0 Å². The maximum absolute atomic E-state index is 11.5. The second kappa shape index (κ2) is 4.73. The molecule has 0 aromatic heterocycles. The van der Waals surface area contributed by atoms with Crippen LogP contribution in [0, 0.1) is 0 Å². The monoisotopic (exact) mass is 323 g/mol. The van der Waals surface area contributed by atoms with Gasteiger partial charge < -0.3 is 5.73 Å². The van der Waals surface area contributed by atoms with Crippen molar-refractivity contribution < 1.29 is 8.42 Å². The highest BCUT2D eigenvalue weighted by Gasteiger charge is 2.41. The summed E-state index contributed by atoms with van der Waals surface area (Å²) in [7, 11) is -3.25. The highest BCUT2D eigenvalue weighted by atomic mass is 32.2. The molecule has 110 valence electrons. The summed E-state index contributed by atoms with van der Waals surface area (Å²) >= 11 is 1.31. The maximum atomic E-state index is 11.5. The molecule has 0 saturated heterocycles. The van der Waals surface area contributed by atoms with Crippen molar-refractivity contribution in [1.29, 1.82) is 0 Å². The summed E-state index contributed by atoms with van der Waals surface area (Å²) in [5, 5.41) is 0.646. The first-order valence-corrected chi connectivity index (χ1v) is 8.80. The quantitative estimate of drug-likeness (QED) is 0.797. The van der Waals surface area contributed by atoms with Crippen LogP contribution in [0.4, 0.5) is 0 Å². The van der Waals surface area contributed by atoms with E-state index in [1.165, 1.54) is 30.2 Å². The van der Waals surface area contributed by atoms with Gasteiger partial charge in [-0.2, -0.15) is 0 Å². The first kappa shape index (κ1) is 14.4. The number of benzene rings is 1. The summed E-state index contributed by atoms with van der Waals surface area (Å²) in [5.41, 5.74) is 11.6.